The number of ether oxygens (including phenoxy) is 1. The molecule has 0 saturated heterocycles. The monoisotopic (exact) mass is 383 g/mol. The van der Waals surface area contributed by atoms with E-state index in [4.69, 9.17) is 0 Å². The predicted octanol–water partition coefficient (Wildman–Crippen LogP) is 1.85. The molecular formula is C14H20F3N3O4S. The molecule has 0 aromatic carbocycles. The van der Waals surface area contributed by atoms with Crippen LogP contribution in [-0.2, 0) is 26.1 Å². The molecule has 1 unspecified atom stereocenters. The highest BCUT2D eigenvalue weighted by molar-refractivity contribution is 7.89. The molecular weight excluding hydrogens is 363 g/mol. The Morgan fingerprint density at radius 3 is 2.44 bits per heavy atom. The second-order valence-electron chi connectivity index (χ2n) is 5.79. The van der Waals surface area contributed by atoms with E-state index in [0.29, 0.717) is 13.0 Å². The van der Waals surface area contributed by atoms with Crippen LogP contribution in [0.1, 0.15) is 33.1 Å². The van der Waals surface area contributed by atoms with Crippen molar-refractivity contribution in [2.45, 2.75) is 56.3 Å². The van der Waals surface area contributed by atoms with Crippen LogP contribution in [0, 0.1) is 5.92 Å². The molecule has 0 bridgehead atoms. The van der Waals surface area contributed by atoms with E-state index in [-0.39, 0.29) is 19.4 Å². The summed E-state index contributed by atoms with van der Waals surface area (Å²) in [6.45, 7) is 3.11. The minimum atomic E-state index is -5.14. The van der Waals surface area contributed by atoms with Gasteiger partial charge in [-0.25, -0.2) is 13.2 Å². The summed E-state index contributed by atoms with van der Waals surface area (Å²) >= 11 is 0. The van der Waals surface area contributed by atoms with Crippen LogP contribution in [-0.4, -0.2) is 42.5 Å². The van der Waals surface area contributed by atoms with Crippen LogP contribution >= 0.6 is 0 Å². The van der Waals surface area contributed by atoms with Crippen LogP contribution in [0.3, 0.4) is 0 Å². The fourth-order valence-corrected chi connectivity index (χ4v) is 4.06. The molecule has 1 aromatic heterocycles. The fourth-order valence-electron chi connectivity index (χ4n) is 2.71. The Balaban J connectivity index is 2.49. The number of esters is 1. The largest absolute Gasteiger partial charge is 0.464 e. The molecule has 1 fully saturated rings. The van der Waals surface area contributed by atoms with Gasteiger partial charge in [-0.2, -0.15) is 23.0 Å². The van der Waals surface area contributed by atoms with Gasteiger partial charge >= 0.3 is 12.1 Å². The van der Waals surface area contributed by atoms with Gasteiger partial charge in [-0.1, -0.05) is 6.42 Å². The Hall–Kier alpha value is -1.62. The Morgan fingerprint density at radius 1 is 1.40 bits per heavy atom. The summed E-state index contributed by atoms with van der Waals surface area (Å²) < 4.78 is 74.1. The smallest absolute Gasteiger partial charge is 0.418 e. The number of carbonyl (C=O) groups excluding carboxylic acids is 1. The zero-order valence-corrected chi connectivity index (χ0v) is 14.7. The molecule has 142 valence electrons. The van der Waals surface area contributed by atoms with Crippen molar-refractivity contribution in [3.05, 3.63) is 12.4 Å². The number of carbonyl (C=O) groups is 1. The van der Waals surface area contributed by atoms with Gasteiger partial charge in [-0.05, 0) is 32.6 Å². The number of halogens is 3. The molecule has 1 heterocycles. The second-order valence-corrected chi connectivity index (χ2v) is 7.47. The molecule has 11 heteroatoms. The van der Waals surface area contributed by atoms with Gasteiger partial charge < -0.3 is 4.74 Å². The van der Waals surface area contributed by atoms with Gasteiger partial charge in [-0.15, -0.1) is 0 Å². The van der Waals surface area contributed by atoms with E-state index in [1.54, 1.807) is 11.6 Å². The minimum Gasteiger partial charge on any atom is -0.464 e. The summed E-state index contributed by atoms with van der Waals surface area (Å²) in [5, 5.41) is 3.75. The summed E-state index contributed by atoms with van der Waals surface area (Å²) in [5.74, 6) is -2.83. The van der Waals surface area contributed by atoms with Crippen LogP contribution in [0.15, 0.2) is 17.3 Å². The first kappa shape index (κ1) is 19.7. The van der Waals surface area contributed by atoms with E-state index in [2.05, 4.69) is 9.84 Å². The number of sulfonamides is 1. The summed E-state index contributed by atoms with van der Waals surface area (Å²) in [6, 6.07) is 0. The molecule has 1 aliphatic rings. The quantitative estimate of drug-likeness (QED) is 0.726. The van der Waals surface area contributed by atoms with Crippen molar-refractivity contribution < 1.29 is 31.1 Å². The topological polar surface area (TPSA) is 90.3 Å². The first-order valence-corrected chi connectivity index (χ1v) is 9.37. The lowest BCUT2D eigenvalue weighted by Crippen LogP contribution is -2.69. The van der Waals surface area contributed by atoms with Crippen LogP contribution in [0.25, 0.3) is 0 Å². The first-order chi connectivity index (χ1) is 11.6. The molecule has 0 spiro atoms. The summed E-state index contributed by atoms with van der Waals surface area (Å²) in [7, 11) is -4.63. The second kappa shape index (κ2) is 6.94. The Labute approximate surface area is 143 Å². The summed E-state index contributed by atoms with van der Waals surface area (Å²) in [6.07, 6.45) is -2.45. The number of hydrogen-bond acceptors (Lipinski definition) is 5. The van der Waals surface area contributed by atoms with E-state index >= 15 is 0 Å². The van der Waals surface area contributed by atoms with E-state index in [1.807, 2.05) is 0 Å². The molecule has 1 saturated carbocycles. The molecule has 2 rings (SSSR count). The number of nitrogens with zero attached hydrogens (tertiary/aromatic N) is 2. The Kier molecular flexibility index (Phi) is 5.47. The molecule has 25 heavy (non-hydrogen) atoms. The maximum atomic E-state index is 13.9. The number of hydrogen-bond donors (Lipinski definition) is 1. The number of rotatable bonds is 7. The Morgan fingerprint density at radius 2 is 2.04 bits per heavy atom. The highest BCUT2D eigenvalue weighted by Crippen LogP contribution is 2.47. The third-order valence-electron chi connectivity index (χ3n) is 4.30. The minimum absolute atomic E-state index is 0.0784. The number of alkyl halides is 3. The molecule has 1 atom stereocenters. The zero-order chi connectivity index (χ0) is 18.9. The summed E-state index contributed by atoms with van der Waals surface area (Å²) in [4.78, 5) is 11.8. The van der Waals surface area contributed by atoms with Gasteiger partial charge in [0.25, 0.3) is 0 Å². The zero-order valence-electron chi connectivity index (χ0n) is 13.8. The number of aryl methyl sites for hydroxylation is 1. The average Bonchev–Trinajstić information content (AvgIpc) is 2.93. The van der Waals surface area contributed by atoms with Crippen LogP contribution in [0.5, 0.6) is 0 Å². The molecule has 7 nitrogen and oxygen atoms in total. The van der Waals surface area contributed by atoms with Crippen molar-refractivity contribution in [2.24, 2.45) is 5.92 Å². The highest BCUT2D eigenvalue weighted by Gasteiger charge is 2.68. The van der Waals surface area contributed by atoms with E-state index < -0.39 is 38.5 Å². The lowest BCUT2D eigenvalue weighted by atomic mass is 9.70. The van der Waals surface area contributed by atoms with Gasteiger partial charge in [-0.3, -0.25) is 4.68 Å². The van der Waals surface area contributed by atoms with E-state index in [9.17, 15) is 26.4 Å². The maximum Gasteiger partial charge on any atom is 0.418 e. The standard InChI is InChI=1S/C14H20F3N3O4S/c1-3-20-9-11(8-18-20)25(22,23)19-13(14(15,16)17,10-6-5-7-10)12(21)24-4-2/h8-10,19H,3-7H2,1-2H3. The maximum absolute atomic E-state index is 13.9. The van der Waals surface area contributed by atoms with E-state index in [0.717, 1.165) is 12.4 Å². The van der Waals surface area contributed by atoms with Crippen molar-refractivity contribution in [1.82, 2.24) is 14.5 Å². The van der Waals surface area contributed by atoms with Gasteiger partial charge in [0.2, 0.25) is 15.6 Å². The van der Waals surface area contributed by atoms with Crippen molar-refractivity contribution in [3.8, 4) is 0 Å². The highest BCUT2D eigenvalue weighted by atomic mass is 32.2. The molecule has 1 aromatic rings. The van der Waals surface area contributed by atoms with Gasteiger partial charge in [0.05, 0.1) is 12.8 Å². The van der Waals surface area contributed by atoms with Crippen molar-refractivity contribution in [3.63, 3.8) is 0 Å². The van der Waals surface area contributed by atoms with Crippen molar-refractivity contribution in [1.29, 1.82) is 0 Å². The number of nitrogens with one attached hydrogen (secondary N) is 1. The predicted molar refractivity (Wildman–Crippen MR) is 81.0 cm³/mol. The normalized spacial score (nSPS) is 18.4. The van der Waals surface area contributed by atoms with Gasteiger partial charge in [0.15, 0.2) is 0 Å². The SMILES string of the molecule is CCOC(=O)C(NS(=O)(=O)c1cnn(CC)c1)(C1CCC1)C(F)(F)F. The fraction of sp³-hybridized carbons (Fsp3) is 0.714. The van der Waals surface area contributed by atoms with Crippen molar-refractivity contribution >= 4 is 16.0 Å². The third-order valence-corrected chi connectivity index (χ3v) is 5.72. The lowest BCUT2D eigenvalue weighted by Gasteiger charge is -2.43. The van der Waals surface area contributed by atoms with Crippen LogP contribution < -0.4 is 4.72 Å². The van der Waals surface area contributed by atoms with Gasteiger partial charge in [0, 0.05) is 12.7 Å². The Bertz CT molecular complexity index is 728. The van der Waals surface area contributed by atoms with E-state index in [1.165, 1.54) is 11.6 Å². The van der Waals surface area contributed by atoms with Crippen LogP contribution in [0.4, 0.5) is 13.2 Å². The molecule has 1 N–H and O–H groups in total. The van der Waals surface area contributed by atoms with Gasteiger partial charge in [0.1, 0.15) is 4.90 Å². The molecule has 1 aliphatic carbocycles. The average molecular weight is 383 g/mol. The van der Waals surface area contributed by atoms with Crippen molar-refractivity contribution in [2.75, 3.05) is 6.61 Å². The molecule has 0 amide bonds. The molecule has 0 aliphatic heterocycles. The van der Waals surface area contributed by atoms with Crippen LogP contribution in [0.2, 0.25) is 0 Å². The molecule has 0 radical (unpaired) electrons. The first-order valence-electron chi connectivity index (χ1n) is 7.88. The third kappa shape index (κ3) is 3.52. The number of aromatic nitrogens is 2. The summed E-state index contributed by atoms with van der Waals surface area (Å²) in [5.41, 5.74) is -3.30. The lowest BCUT2D eigenvalue weighted by molar-refractivity contribution is -0.226.